The van der Waals surface area contributed by atoms with Gasteiger partial charge >= 0.3 is 6.09 Å². The van der Waals surface area contributed by atoms with Gasteiger partial charge < -0.3 is 10.1 Å². The fourth-order valence-electron chi connectivity index (χ4n) is 3.24. The molecule has 1 amide bonds. The summed E-state index contributed by atoms with van der Waals surface area (Å²) >= 11 is 0. The third kappa shape index (κ3) is 15.2. The van der Waals surface area contributed by atoms with Gasteiger partial charge in [0.1, 0.15) is 5.75 Å². The number of non-ortho nitro benzene ring substituents is 1. The fraction of sp³-hybridized carbons (Fsp3) is 0.577. The van der Waals surface area contributed by atoms with Crippen LogP contribution in [0.1, 0.15) is 90.4 Å². The van der Waals surface area contributed by atoms with E-state index in [1.165, 1.54) is 75.6 Å². The lowest BCUT2D eigenvalue weighted by atomic mass is 10.1. The van der Waals surface area contributed by atoms with Crippen LogP contribution in [0, 0.1) is 10.1 Å². The first-order valence-electron chi connectivity index (χ1n) is 12.1. The summed E-state index contributed by atoms with van der Waals surface area (Å²) in [6.07, 6.45) is 24.2. The van der Waals surface area contributed by atoms with Crippen LogP contribution in [0.2, 0.25) is 0 Å². The van der Waals surface area contributed by atoms with Gasteiger partial charge in [0.2, 0.25) is 0 Å². The van der Waals surface area contributed by atoms with Crippen LogP contribution in [-0.4, -0.2) is 17.6 Å². The molecular formula is C26H40N2O4. The van der Waals surface area contributed by atoms with E-state index in [0.29, 0.717) is 12.3 Å². The summed E-state index contributed by atoms with van der Waals surface area (Å²) < 4.78 is 5.10. The van der Waals surface area contributed by atoms with Crippen molar-refractivity contribution < 1.29 is 14.5 Å². The first-order chi connectivity index (χ1) is 15.6. The molecule has 0 aliphatic rings. The Labute approximate surface area is 193 Å². The zero-order chi connectivity index (χ0) is 23.3. The predicted octanol–water partition coefficient (Wildman–Crippen LogP) is 7.89. The van der Waals surface area contributed by atoms with Gasteiger partial charge in [0.15, 0.2) is 0 Å². The highest BCUT2D eigenvalue weighted by molar-refractivity contribution is 5.70. The van der Waals surface area contributed by atoms with E-state index in [4.69, 9.17) is 4.74 Å². The number of benzene rings is 1. The number of nitrogens with zero attached hydrogens (tertiary/aromatic N) is 1. The second-order valence-electron chi connectivity index (χ2n) is 7.99. The predicted molar refractivity (Wildman–Crippen MR) is 131 cm³/mol. The molecule has 1 aromatic rings. The van der Waals surface area contributed by atoms with Crippen molar-refractivity contribution in [3.8, 4) is 5.75 Å². The molecule has 6 nitrogen and oxygen atoms in total. The maximum atomic E-state index is 11.7. The molecule has 178 valence electrons. The Hall–Kier alpha value is -2.63. The number of hydrogen-bond acceptors (Lipinski definition) is 4. The van der Waals surface area contributed by atoms with E-state index in [9.17, 15) is 14.9 Å². The number of rotatable bonds is 18. The van der Waals surface area contributed by atoms with Crippen LogP contribution in [0.3, 0.4) is 0 Å². The quantitative estimate of drug-likeness (QED) is 0.108. The van der Waals surface area contributed by atoms with Gasteiger partial charge in [0.25, 0.3) is 5.69 Å². The normalized spacial score (nSPS) is 11.3. The molecule has 0 saturated heterocycles. The lowest BCUT2D eigenvalue weighted by molar-refractivity contribution is -0.384. The monoisotopic (exact) mass is 444 g/mol. The van der Waals surface area contributed by atoms with Crippen molar-refractivity contribution in [1.29, 1.82) is 0 Å². The third-order valence-corrected chi connectivity index (χ3v) is 5.13. The lowest BCUT2D eigenvalue weighted by Crippen LogP contribution is -2.27. The topological polar surface area (TPSA) is 81.5 Å². The molecule has 0 aliphatic carbocycles. The molecule has 1 rings (SSSR count). The SMILES string of the molecule is CCCCC/C=C\CC/C=C\CCCCCCCCNC(=O)Oc1ccc([N+](=O)[O-])cc1. The summed E-state index contributed by atoms with van der Waals surface area (Å²) in [6, 6.07) is 5.46. The molecular weight excluding hydrogens is 404 g/mol. The van der Waals surface area contributed by atoms with Crippen molar-refractivity contribution in [3.63, 3.8) is 0 Å². The van der Waals surface area contributed by atoms with Gasteiger partial charge in [0, 0.05) is 18.7 Å². The van der Waals surface area contributed by atoms with Crippen molar-refractivity contribution in [2.24, 2.45) is 0 Å². The second-order valence-corrected chi connectivity index (χ2v) is 7.99. The minimum atomic E-state index is -0.530. The van der Waals surface area contributed by atoms with Crippen LogP contribution < -0.4 is 10.1 Å². The summed E-state index contributed by atoms with van der Waals surface area (Å²) in [6.45, 7) is 2.81. The zero-order valence-electron chi connectivity index (χ0n) is 19.6. The van der Waals surface area contributed by atoms with Crippen molar-refractivity contribution >= 4 is 11.8 Å². The molecule has 0 aliphatic heterocycles. The average Bonchev–Trinajstić information content (AvgIpc) is 2.78. The number of unbranched alkanes of at least 4 members (excludes halogenated alkanes) is 10. The summed E-state index contributed by atoms with van der Waals surface area (Å²) in [5, 5.41) is 13.3. The molecule has 1 N–H and O–H groups in total. The first-order valence-corrected chi connectivity index (χ1v) is 12.1. The van der Waals surface area contributed by atoms with Crippen LogP contribution >= 0.6 is 0 Å². The number of carbonyl (C=O) groups excluding carboxylic acids is 1. The molecule has 0 aromatic heterocycles. The van der Waals surface area contributed by atoms with Crippen LogP contribution in [-0.2, 0) is 0 Å². The van der Waals surface area contributed by atoms with Crippen molar-refractivity contribution in [2.45, 2.75) is 90.4 Å². The number of ether oxygens (including phenoxy) is 1. The maximum absolute atomic E-state index is 11.7. The lowest BCUT2D eigenvalue weighted by Gasteiger charge is -2.06. The fourth-order valence-corrected chi connectivity index (χ4v) is 3.24. The molecule has 0 fully saturated rings. The summed E-state index contributed by atoms with van der Waals surface area (Å²) in [4.78, 5) is 21.8. The molecule has 1 aromatic carbocycles. The molecule has 0 radical (unpaired) electrons. The number of nitro groups is 1. The highest BCUT2D eigenvalue weighted by Crippen LogP contribution is 2.17. The van der Waals surface area contributed by atoms with Crippen LogP contribution in [0.4, 0.5) is 10.5 Å². The van der Waals surface area contributed by atoms with E-state index in [0.717, 1.165) is 32.1 Å². The van der Waals surface area contributed by atoms with Crippen molar-refractivity contribution in [1.82, 2.24) is 5.32 Å². The Morgan fingerprint density at radius 2 is 1.38 bits per heavy atom. The highest BCUT2D eigenvalue weighted by Gasteiger charge is 2.07. The minimum Gasteiger partial charge on any atom is -0.410 e. The van der Waals surface area contributed by atoms with E-state index in [1.54, 1.807) is 0 Å². The molecule has 0 bridgehead atoms. The van der Waals surface area contributed by atoms with E-state index in [1.807, 2.05) is 0 Å². The first kappa shape index (κ1) is 27.4. The van der Waals surface area contributed by atoms with E-state index in [2.05, 4.69) is 36.5 Å². The van der Waals surface area contributed by atoms with Crippen LogP contribution in [0.15, 0.2) is 48.6 Å². The summed E-state index contributed by atoms with van der Waals surface area (Å²) in [5.41, 5.74) is -0.0327. The van der Waals surface area contributed by atoms with Crippen molar-refractivity contribution in [2.75, 3.05) is 6.54 Å². The number of hydrogen-bond donors (Lipinski definition) is 1. The standard InChI is InChI=1S/C26H40N2O4/c1-2-3-4-5-6-7-8-9-10-11-12-13-14-15-16-17-18-23-27-26(29)32-25-21-19-24(20-22-25)28(30)31/h6-7,10-11,19-22H,2-5,8-9,12-18,23H2,1H3,(H,27,29)/b7-6-,11-10-. The number of nitro benzene ring substituents is 1. The molecule has 6 heteroatoms. The molecule has 0 heterocycles. The van der Waals surface area contributed by atoms with Gasteiger partial charge in [-0.25, -0.2) is 4.79 Å². The summed E-state index contributed by atoms with van der Waals surface area (Å²) in [5.74, 6) is 0.293. The molecule has 32 heavy (non-hydrogen) atoms. The van der Waals surface area contributed by atoms with Gasteiger partial charge in [0.05, 0.1) is 4.92 Å². The van der Waals surface area contributed by atoms with Crippen LogP contribution in [0.5, 0.6) is 5.75 Å². The molecule has 0 spiro atoms. The van der Waals surface area contributed by atoms with E-state index in [-0.39, 0.29) is 5.69 Å². The Morgan fingerprint density at radius 1 is 0.844 bits per heavy atom. The largest absolute Gasteiger partial charge is 0.412 e. The smallest absolute Gasteiger partial charge is 0.410 e. The third-order valence-electron chi connectivity index (χ3n) is 5.13. The maximum Gasteiger partial charge on any atom is 0.412 e. The van der Waals surface area contributed by atoms with Crippen molar-refractivity contribution in [3.05, 3.63) is 58.7 Å². The number of nitrogens with one attached hydrogen (secondary N) is 1. The Morgan fingerprint density at radius 3 is 1.97 bits per heavy atom. The van der Waals surface area contributed by atoms with Crippen LogP contribution in [0.25, 0.3) is 0 Å². The Balaban J connectivity index is 1.89. The van der Waals surface area contributed by atoms with Gasteiger partial charge in [-0.1, -0.05) is 69.8 Å². The zero-order valence-corrected chi connectivity index (χ0v) is 19.6. The van der Waals surface area contributed by atoms with Gasteiger partial charge in [-0.05, 0) is 57.1 Å². The number of allylic oxidation sites excluding steroid dienone is 4. The number of amides is 1. The van der Waals surface area contributed by atoms with Gasteiger partial charge in [-0.3, -0.25) is 10.1 Å². The molecule has 0 atom stereocenters. The average molecular weight is 445 g/mol. The minimum absolute atomic E-state index is 0.0327. The number of carbonyl (C=O) groups is 1. The van der Waals surface area contributed by atoms with Gasteiger partial charge in [-0.2, -0.15) is 0 Å². The summed E-state index contributed by atoms with van der Waals surface area (Å²) in [7, 11) is 0. The van der Waals surface area contributed by atoms with Gasteiger partial charge in [-0.15, -0.1) is 0 Å². The molecule has 0 saturated carbocycles. The van der Waals surface area contributed by atoms with E-state index >= 15 is 0 Å². The Kier molecular flexibility index (Phi) is 16.3. The highest BCUT2D eigenvalue weighted by atomic mass is 16.6. The molecule has 0 unspecified atom stereocenters. The second kappa shape index (κ2) is 19.1. The Bertz CT molecular complexity index is 684. The van der Waals surface area contributed by atoms with E-state index < -0.39 is 11.0 Å².